The molecule has 0 saturated carbocycles. The molecule has 2 atom stereocenters. The first kappa shape index (κ1) is 18.6. The van der Waals surface area contributed by atoms with Crippen molar-refractivity contribution >= 4 is 38.3 Å². The van der Waals surface area contributed by atoms with Crippen LogP contribution in [0, 0.1) is 0 Å². The molecule has 1 saturated heterocycles. The lowest BCUT2D eigenvalue weighted by atomic mass is 10.2. The van der Waals surface area contributed by atoms with Crippen molar-refractivity contribution in [3.63, 3.8) is 0 Å². The van der Waals surface area contributed by atoms with E-state index in [1.165, 1.54) is 11.3 Å². The number of aryl methyl sites for hydroxylation is 1. The second-order valence-electron chi connectivity index (χ2n) is 6.38. The van der Waals surface area contributed by atoms with Gasteiger partial charge < -0.3 is 9.30 Å². The quantitative estimate of drug-likeness (QED) is 0.793. The lowest BCUT2D eigenvalue weighted by Gasteiger charge is -2.34. The number of nitrogens with zero attached hydrogens (tertiary/aromatic N) is 3. The monoisotopic (exact) mass is 426 g/mol. The van der Waals surface area contributed by atoms with Crippen LogP contribution in [-0.4, -0.2) is 45.7 Å². The molecule has 0 bridgehead atoms. The van der Waals surface area contributed by atoms with Crippen LogP contribution in [0.15, 0.2) is 22.1 Å². The van der Waals surface area contributed by atoms with E-state index < -0.39 is 0 Å². The van der Waals surface area contributed by atoms with E-state index in [0.29, 0.717) is 10.8 Å². The number of aromatic nitrogens is 2. The average molecular weight is 427 g/mol. The van der Waals surface area contributed by atoms with Crippen LogP contribution in [0.5, 0.6) is 0 Å². The molecule has 1 fully saturated rings. The molecule has 1 aliphatic rings. The van der Waals surface area contributed by atoms with E-state index in [2.05, 4.69) is 45.0 Å². The highest BCUT2D eigenvalue weighted by Crippen LogP contribution is 2.21. The maximum atomic E-state index is 12.5. The van der Waals surface area contributed by atoms with Gasteiger partial charge in [-0.3, -0.25) is 15.0 Å². The molecule has 3 rings (SSSR count). The molecular formula is C17H23BrN4O2S. The first-order valence-corrected chi connectivity index (χ1v) is 10.1. The normalized spacial score (nSPS) is 21.4. The van der Waals surface area contributed by atoms with Crippen molar-refractivity contribution < 1.29 is 9.53 Å². The van der Waals surface area contributed by atoms with E-state index in [1.54, 1.807) is 0 Å². The van der Waals surface area contributed by atoms with Crippen molar-refractivity contribution in [2.45, 2.75) is 46.1 Å². The number of hydrogen-bond donors (Lipinski definition) is 1. The number of nitrogens with one attached hydrogen (secondary N) is 1. The van der Waals surface area contributed by atoms with Gasteiger partial charge in [-0.25, -0.2) is 4.98 Å². The summed E-state index contributed by atoms with van der Waals surface area (Å²) in [4.78, 5) is 19.4. The van der Waals surface area contributed by atoms with Crippen LogP contribution in [-0.2, 0) is 17.8 Å². The van der Waals surface area contributed by atoms with Gasteiger partial charge in [0.2, 0.25) is 0 Å². The Morgan fingerprint density at radius 2 is 2.16 bits per heavy atom. The number of hydrogen-bond acceptors (Lipinski definition) is 5. The lowest BCUT2D eigenvalue weighted by Crippen LogP contribution is -2.44. The van der Waals surface area contributed by atoms with Gasteiger partial charge in [-0.1, -0.05) is 0 Å². The van der Waals surface area contributed by atoms with Crippen molar-refractivity contribution in [2.75, 3.05) is 18.4 Å². The Balaban J connectivity index is 1.62. The maximum absolute atomic E-state index is 12.5. The minimum Gasteiger partial charge on any atom is -0.373 e. The summed E-state index contributed by atoms with van der Waals surface area (Å²) in [5, 5.41) is 5.55. The fraction of sp³-hybridized carbons (Fsp3) is 0.529. The number of amides is 1. The third kappa shape index (κ3) is 4.69. The van der Waals surface area contributed by atoms with Gasteiger partial charge in [-0.2, -0.15) is 0 Å². The minimum atomic E-state index is -0.137. The Bertz CT molecular complexity index is 735. The van der Waals surface area contributed by atoms with Gasteiger partial charge in [-0.05, 0) is 42.8 Å². The average Bonchev–Trinajstić information content (AvgIpc) is 3.12. The number of rotatable bonds is 5. The fourth-order valence-electron chi connectivity index (χ4n) is 3.17. The standard InChI is InChI=1S/C17H23BrN4O2S/c1-4-22-8-13(18)5-15(22)16(23)20-17-19-14(10-25-17)9-21-6-11(2)24-12(3)7-21/h5,8,10-12H,4,6-7,9H2,1-3H3,(H,19,20,23). The molecule has 0 aromatic carbocycles. The fourth-order valence-corrected chi connectivity index (χ4v) is 4.33. The summed E-state index contributed by atoms with van der Waals surface area (Å²) in [5.41, 5.74) is 1.61. The van der Waals surface area contributed by atoms with Crippen LogP contribution in [0.3, 0.4) is 0 Å². The van der Waals surface area contributed by atoms with Crippen LogP contribution in [0.4, 0.5) is 5.13 Å². The van der Waals surface area contributed by atoms with Crippen LogP contribution in [0.2, 0.25) is 0 Å². The predicted octanol–water partition coefficient (Wildman–Crippen LogP) is 3.59. The first-order chi connectivity index (χ1) is 11.9. The molecule has 2 aromatic heterocycles. The zero-order chi connectivity index (χ0) is 18.0. The highest BCUT2D eigenvalue weighted by Gasteiger charge is 2.23. The number of ether oxygens (including phenoxy) is 1. The molecule has 3 heterocycles. The van der Waals surface area contributed by atoms with Crippen molar-refractivity contribution in [1.29, 1.82) is 0 Å². The van der Waals surface area contributed by atoms with Crippen LogP contribution in [0.25, 0.3) is 0 Å². The molecule has 0 radical (unpaired) electrons. The Hall–Kier alpha value is -1.22. The molecule has 6 nitrogen and oxygen atoms in total. The van der Waals surface area contributed by atoms with E-state index in [0.717, 1.165) is 36.3 Å². The van der Waals surface area contributed by atoms with Crippen LogP contribution < -0.4 is 5.32 Å². The summed E-state index contributed by atoms with van der Waals surface area (Å²) in [7, 11) is 0. The zero-order valence-corrected chi connectivity index (χ0v) is 17.1. The van der Waals surface area contributed by atoms with Crippen LogP contribution >= 0.6 is 27.3 Å². The van der Waals surface area contributed by atoms with Gasteiger partial charge in [-0.15, -0.1) is 11.3 Å². The smallest absolute Gasteiger partial charge is 0.274 e. The molecule has 1 N–H and O–H groups in total. The van der Waals surface area contributed by atoms with E-state index in [1.807, 2.05) is 29.1 Å². The molecule has 1 amide bonds. The summed E-state index contributed by atoms with van der Waals surface area (Å²) in [5.74, 6) is -0.137. The highest BCUT2D eigenvalue weighted by atomic mass is 79.9. The van der Waals surface area contributed by atoms with Crippen molar-refractivity contribution in [3.05, 3.63) is 33.5 Å². The SMILES string of the molecule is CCn1cc(Br)cc1C(=O)Nc1nc(CN2CC(C)OC(C)C2)cs1. The van der Waals surface area contributed by atoms with Crippen molar-refractivity contribution in [1.82, 2.24) is 14.5 Å². The maximum Gasteiger partial charge on any atom is 0.274 e. The van der Waals surface area contributed by atoms with Crippen LogP contribution in [0.1, 0.15) is 37.0 Å². The Morgan fingerprint density at radius 3 is 2.84 bits per heavy atom. The summed E-state index contributed by atoms with van der Waals surface area (Å²) < 4.78 is 8.57. The van der Waals surface area contributed by atoms with Gasteiger partial charge in [0.15, 0.2) is 5.13 Å². The zero-order valence-electron chi connectivity index (χ0n) is 14.7. The van der Waals surface area contributed by atoms with Gasteiger partial charge in [0.25, 0.3) is 5.91 Å². The van der Waals surface area contributed by atoms with E-state index in [9.17, 15) is 4.79 Å². The largest absolute Gasteiger partial charge is 0.373 e. The third-order valence-electron chi connectivity index (χ3n) is 4.09. The van der Waals surface area contributed by atoms with E-state index >= 15 is 0 Å². The summed E-state index contributed by atoms with van der Waals surface area (Å²) in [6.45, 7) is 9.52. The van der Waals surface area contributed by atoms with E-state index in [-0.39, 0.29) is 18.1 Å². The Labute approximate surface area is 160 Å². The van der Waals surface area contributed by atoms with Gasteiger partial charge >= 0.3 is 0 Å². The minimum absolute atomic E-state index is 0.137. The van der Waals surface area contributed by atoms with E-state index in [4.69, 9.17) is 4.74 Å². The highest BCUT2D eigenvalue weighted by molar-refractivity contribution is 9.10. The van der Waals surface area contributed by atoms with Crippen molar-refractivity contribution in [2.24, 2.45) is 0 Å². The topological polar surface area (TPSA) is 59.4 Å². The predicted molar refractivity (Wildman–Crippen MR) is 103 cm³/mol. The number of carbonyl (C=O) groups excluding carboxylic acids is 1. The molecule has 8 heteroatoms. The summed E-state index contributed by atoms with van der Waals surface area (Å²) in [6, 6.07) is 1.82. The molecule has 0 spiro atoms. The third-order valence-corrected chi connectivity index (χ3v) is 5.33. The second kappa shape index (κ2) is 7.99. The molecule has 1 aliphatic heterocycles. The number of carbonyl (C=O) groups is 1. The molecule has 0 aliphatic carbocycles. The molecule has 136 valence electrons. The number of halogens is 1. The Kier molecular flexibility index (Phi) is 5.93. The van der Waals surface area contributed by atoms with Crippen molar-refractivity contribution in [3.8, 4) is 0 Å². The lowest BCUT2D eigenvalue weighted by molar-refractivity contribution is -0.0707. The first-order valence-electron chi connectivity index (χ1n) is 8.43. The second-order valence-corrected chi connectivity index (χ2v) is 8.15. The molecule has 2 unspecified atom stereocenters. The van der Waals surface area contributed by atoms with Gasteiger partial charge in [0.05, 0.1) is 17.9 Å². The molecular weight excluding hydrogens is 404 g/mol. The number of anilines is 1. The summed E-state index contributed by atoms with van der Waals surface area (Å²) >= 11 is 4.88. The molecule has 25 heavy (non-hydrogen) atoms. The van der Waals surface area contributed by atoms with Gasteiger partial charge in [0, 0.05) is 42.2 Å². The number of thiazole rings is 1. The number of morpholine rings is 1. The summed E-state index contributed by atoms with van der Waals surface area (Å²) in [6.07, 6.45) is 2.38. The van der Waals surface area contributed by atoms with Gasteiger partial charge in [0.1, 0.15) is 5.69 Å². The Morgan fingerprint density at radius 1 is 1.44 bits per heavy atom. The molecule has 2 aromatic rings.